The summed E-state index contributed by atoms with van der Waals surface area (Å²) in [5.41, 5.74) is 7.97. The SMILES string of the molecule is CCc1nnc(C)cc1C(=O)N1CC(CN)CC1C. The van der Waals surface area contributed by atoms with Gasteiger partial charge in [0.2, 0.25) is 0 Å². The molecule has 0 saturated carbocycles. The molecule has 2 atom stereocenters. The molecule has 0 aliphatic carbocycles. The van der Waals surface area contributed by atoms with Gasteiger partial charge in [0.15, 0.2) is 0 Å². The van der Waals surface area contributed by atoms with Crippen molar-refractivity contribution in [2.24, 2.45) is 11.7 Å². The van der Waals surface area contributed by atoms with E-state index in [-0.39, 0.29) is 11.9 Å². The van der Waals surface area contributed by atoms with Crippen molar-refractivity contribution in [3.63, 3.8) is 0 Å². The van der Waals surface area contributed by atoms with E-state index < -0.39 is 0 Å². The molecule has 2 N–H and O–H groups in total. The van der Waals surface area contributed by atoms with Crippen LogP contribution >= 0.6 is 0 Å². The highest BCUT2D eigenvalue weighted by Crippen LogP contribution is 2.25. The Labute approximate surface area is 114 Å². The van der Waals surface area contributed by atoms with Crippen molar-refractivity contribution >= 4 is 5.91 Å². The number of nitrogens with zero attached hydrogens (tertiary/aromatic N) is 3. The van der Waals surface area contributed by atoms with E-state index in [1.165, 1.54) is 0 Å². The minimum atomic E-state index is 0.0679. The number of carbonyl (C=O) groups is 1. The summed E-state index contributed by atoms with van der Waals surface area (Å²) in [7, 11) is 0. The van der Waals surface area contributed by atoms with Crippen LogP contribution in [0.5, 0.6) is 0 Å². The molecule has 1 aliphatic heterocycles. The van der Waals surface area contributed by atoms with Crippen molar-refractivity contribution < 1.29 is 4.79 Å². The van der Waals surface area contributed by atoms with Gasteiger partial charge in [-0.25, -0.2) is 0 Å². The monoisotopic (exact) mass is 262 g/mol. The van der Waals surface area contributed by atoms with E-state index in [0.717, 1.165) is 30.8 Å². The molecule has 0 aromatic carbocycles. The Balaban J connectivity index is 2.27. The highest BCUT2D eigenvalue weighted by atomic mass is 16.2. The van der Waals surface area contributed by atoms with E-state index in [1.54, 1.807) is 0 Å². The normalized spacial score (nSPS) is 22.8. The van der Waals surface area contributed by atoms with Gasteiger partial charge < -0.3 is 10.6 Å². The molecule has 19 heavy (non-hydrogen) atoms. The molecule has 1 fully saturated rings. The highest BCUT2D eigenvalue weighted by molar-refractivity contribution is 5.95. The number of hydrogen-bond acceptors (Lipinski definition) is 4. The molecular formula is C14H22N4O. The molecule has 1 amide bonds. The summed E-state index contributed by atoms with van der Waals surface area (Å²) in [6.07, 6.45) is 1.71. The fourth-order valence-electron chi connectivity index (χ4n) is 2.71. The molecular weight excluding hydrogens is 240 g/mol. The maximum absolute atomic E-state index is 12.7. The second-order valence-corrected chi connectivity index (χ2v) is 5.34. The molecule has 2 rings (SSSR count). The first-order chi connectivity index (χ1) is 9.06. The van der Waals surface area contributed by atoms with Crippen LogP contribution in [-0.4, -0.2) is 40.1 Å². The van der Waals surface area contributed by atoms with E-state index in [1.807, 2.05) is 24.8 Å². The molecule has 1 aromatic heterocycles. The predicted molar refractivity (Wildman–Crippen MR) is 73.8 cm³/mol. The van der Waals surface area contributed by atoms with Crippen LogP contribution in [0.15, 0.2) is 6.07 Å². The smallest absolute Gasteiger partial charge is 0.256 e. The van der Waals surface area contributed by atoms with Gasteiger partial charge in [0.05, 0.1) is 17.0 Å². The zero-order chi connectivity index (χ0) is 14.0. The summed E-state index contributed by atoms with van der Waals surface area (Å²) < 4.78 is 0. The van der Waals surface area contributed by atoms with Gasteiger partial charge in [0.25, 0.3) is 5.91 Å². The van der Waals surface area contributed by atoms with Gasteiger partial charge in [0, 0.05) is 12.6 Å². The van der Waals surface area contributed by atoms with Gasteiger partial charge in [-0.15, -0.1) is 0 Å². The molecule has 2 unspecified atom stereocenters. The van der Waals surface area contributed by atoms with Gasteiger partial charge in [-0.05, 0) is 45.2 Å². The van der Waals surface area contributed by atoms with Crippen molar-refractivity contribution in [3.8, 4) is 0 Å². The van der Waals surface area contributed by atoms with Crippen LogP contribution in [0.2, 0.25) is 0 Å². The Morgan fingerprint density at radius 3 is 2.84 bits per heavy atom. The fraction of sp³-hybridized carbons (Fsp3) is 0.643. The Hall–Kier alpha value is -1.49. The third-order valence-electron chi connectivity index (χ3n) is 3.81. The van der Waals surface area contributed by atoms with E-state index in [2.05, 4.69) is 17.1 Å². The largest absolute Gasteiger partial charge is 0.336 e. The van der Waals surface area contributed by atoms with Crippen molar-refractivity contribution in [1.82, 2.24) is 15.1 Å². The number of rotatable bonds is 3. The number of aromatic nitrogens is 2. The topological polar surface area (TPSA) is 72.1 Å². The van der Waals surface area contributed by atoms with Crippen molar-refractivity contribution in [2.75, 3.05) is 13.1 Å². The lowest BCUT2D eigenvalue weighted by Crippen LogP contribution is -2.35. The Morgan fingerprint density at radius 1 is 1.53 bits per heavy atom. The molecule has 0 radical (unpaired) electrons. The maximum atomic E-state index is 12.7. The minimum Gasteiger partial charge on any atom is -0.336 e. The van der Waals surface area contributed by atoms with Crippen LogP contribution in [0.4, 0.5) is 0 Å². The Kier molecular flexibility index (Phi) is 4.14. The average molecular weight is 262 g/mol. The van der Waals surface area contributed by atoms with Crippen LogP contribution in [0.3, 0.4) is 0 Å². The zero-order valence-corrected chi connectivity index (χ0v) is 11.9. The van der Waals surface area contributed by atoms with Gasteiger partial charge >= 0.3 is 0 Å². The summed E-state index contributed by atoms with van der Waals surface area (Å²) in [5.74, 6) is 0.484. The van der Waals surface area contributed by atoms with E-state index >= 15 is 0 Å². The zero-order valence-electron chi connectivity index (χ0n) is 11.9. The highest BCUT2D eigenvalue weighted by Gasteiger charge is 2.33. The summed E-state index contributed by atoms with van der Waals surface area (Å²) in [6, 6.07) is 2.09. The third kappa shape index (κ3) is 2.76. The van der Waals surface area contributed by atoms with Crippen LogP contribution in [0.25, 0.3) is 0 Å². The molecule has 0 bridgehead atoms. The van der Waals surface area contributed by atoms with Crippen molar-refractivity contribution in [2.45, 2.75) is 39.7 Å². The molecule has 2 heterocycles. The number of carbonyl (C=O) groups excluding carboxylic acids is 1. The van der Waals surface area contributed by atoms with Crippen LogP contribution < -0.4 is 5.73 Å². The number of nitrogens with two attached hydrogens (primary N) is 1. The maximum Gasteiger partial charge on any atom is 0.256 e. The average Bonchev–Trinajstić information content (AvgIpc) is 2.79. The predicted octanol–water partition coefficient (Wildman–Crippen LogP) is 1.16. The van der Waals surface area contributed by atoms with Gasteiger partial charge in [-0.2, -0.15) is 10.2 Å². The Bertz CT molecular complexity index is 475. The molecule has 1 saturated heterocycles. The van der Waals surface area contributed by atoms with Crippen LogP contribution in [0.1, 0.15) is 42.0 Å². The van der Waals surface area contributed by atoms with Crippen LogP contribution in [0, 0.1) is 12.8 Å². The molecule has 1 aromatic rings. The molecule has 5 nitrogen and oxygen atoms in total. The molecule has 5 heteroatoms. The minimum absolute atomic E-state index is 0.0679. The summed E-state index contributed by atoms with van der Waals surface area (Å²) >= 11 is 0. The lowest BCUT2D eigenvalue weighted by Gasteiger charge is -2.22. The van der Waals surface area contributed by atoms with Crippen molar-refractivity contribution in [1.29, 1.82) is 0 Å². The number of amides is 1. The van der Waals surface area contributed by atoms with E-state index in [0.29, 0.717) is 18.0 Å². The second kappa shape index (κ2) is 5.65. The third-order valence-corrected chi connectivity index (χ3v) is 3.81. The van der Waals surface area contributed by atoms with Crippen LogP contribution in [-0.2, 0) is 6.42 Å². The van der Waals surface area contributed by atoms with Crippen molar-refractivity contribution in [3.05, 3.63) is 23.0 Å². The standard InChI is InChI=1S/C14H22N4O/c1-4-13-12(5-9(2)16-17-13)14(19)18-8-11(7-15)6-10(18)3/h5,10-11H,4,6-8,15H2,1-3H3. The number of likely N-dealkylation sites (tertiary alicyclic amines) is 1. The first kappa shape index (κ1) is 13.9. The molecule has 104 valence electrons. The van der Waals surface area contributed by atoms with E-state index in [9.17, 15) is 4.79 Å². The number of aryl methyl sites for hydroxylation is 2. The first-order valence-electron chi connectivity index (χ1n) is 6.91. The lowest BCUT2D eigenvalue weighted by molar-refractivity contribution is 0.0741. The quantitative estimate of drug-likeness (QED) is 0.887. The molecule has 0 spiro atoms. The van der Waals surface area contributed by atoms with Gasteiger partial charge in [0.1, 0.15) is 0 Å². The summed E-state index contributed by atoms with van der Waals surface area (Å²) in [6.45, 7) is 7.33. The van der Waals surface area contributed by atoms with Gasteiger partial charge in [-0.1, -0.05) is 6.92 Å². The summed E-state index contributed by atoms with van der Waals surface area (Å²) in [5, 5.41) is 8.16. The number of hydrogen-bond donors (Lipinski definition) is 1. The molecule has 1 aliphatic rings. The fourth-order valence-corrected chi connectivity index (χ4v) is 2.71. The Morgan fingerprint density at radius 2 is 2.26 bits per heavy atom. The second-order valence-electron chi connectivity index (χ2n) is 5.34. The first-order valence-corrected chi connectivity index (χ1v) is 6.91. The summed E-state index contributed by atoms with van der Waals surface area (Å²) in [4.78, 5) is 14.6. The van der Waals surface area contributed by atoms with Gasteiger partial charge in [-0.3, -0.25) is 4.79 Å². The van der Waals surface area contributed by atoms with E-state index in [4.69, 9.17) is 5.73 Å². The lowest BCUT2D eigenvalue weighted by atomic mass is 10.1.